The van der Waals surface area contributed by atoms with E-state index in [1.165, 1.54) is 24.3 Å². The molecule has 0 atom stereocenters. The van der Waals surface area contributed by atoms with E-state index in [0.29, 0.717) is 31.6 Å². The van der Waals surface area contributed by atoms with Gasteiger partial charge in [0.2, 0.25) is 5.91 Å². The largest absolute Gasteiger partial charge is 0.478 e. The molecule has 2 aromatic carbocycles. The average Bonchev–Trinajstić information content (AvgIpc) is 2.64. The number of anilines is 1. The van der Waals surface area contributed by atoms with Crippen LogP contribution in [0, 0.1) is 11.6 Å². The van der Waals surface area contributed by atoms with E-state index in [2.05, 4.69) is 5.32 Å². The van der Waals surface area contributed by atoms with Crippen molar-refractivity contribution in [2.24, 2.45) is 0 Å². The van der Waals surface area contributed by atoms with E-state index in [1.54, 1.807) is 0 Å². The maximum atomic E-state index is 14.1. The van der Waals surface area contributed by atoms with E-state index in [9.17, 15) is 18.4 Å². The maximum Gasteiger partial charge on any atom is 0.335 e. The Hall–Kier alpha value is -2.80. The van der Waals surface area contributed by atoms with Crippen LogP contribution in [0.15, 0.2) is 42.5 Å². The number of carboxylic acids is 1. The molecule has 1 aliphatic heterocycles. The first-order chi connectivity index (χ1) is 12.4. The maximum absolute atomic E-state index is 14.1. The first kappa shape index (κ1) is 18.0. The molecule has 7 heteroatoms. The zero-order chi connectivity index (χ0) is 18.7. The second-order valence-electron chi connectivity index (χ2n) is 6.16. The molecule has 26 heavy (non-hydrogen) atoms. The second-order valence-corrected chi connectivity index (χ2v) is 6.16. The minimum absolute atomic E-state index is 0.135. The lowest BCUT2D eigenvalue weighted by Gasteiger charge is -2.36. The number of ether oxygens (including phenoxy) is 1. The number of amides is 1. The predicted octanol–water partition coefficient (Wildman–Crippen LogP) is 3.35. The summed E-state index contributed by atoms with van der Waals surface area (Å²) in [7, 11) is 0. The van der Waals surface area contributed by atoms with Gasteiger partial charge in [-0.25, -0.2) is 13.6 Å². The molecule has 3 rings (SSSR count). The van der Waals surface area contributed by atoms with Crippen molar-refractivity contribution in [2.45, 2.75) is 18.3 Å². The van der Waals surface area contributed by atoms with Crippen LogP contribution < -0.4 is 5.32 Å². The minimum atomic E-state index is -1.22. The molecule has 2 aromatic rings. The summed E-state index contributed by atoms with van der Waals surface area (Å²) in [6, 6.07) is 8.80. The number of nitrogens with one attached hydrogen (secondary N) is 1. The Kier molecular flexibility index (Phi) is 4.99. The van der Waals surface area contributed by atoms with Crippen molar-refractivity contribution in [3.8, 4) is 0 Å². The summed E-state index contributed by atoms with van der Waals surface area (Å²) in [5, 5.41) is 11.6. The third-order valence-electron chi connectivity index (χ3n) is 4.64. The molecular formula is C19H17F2NO4. The number of halogens is 2. The molecule has 0 aromatic heterocycles. The fourth-order valence-corrected chi connectivity index (χ4v) is 3.13. The summed E-state index contributed by atoms with van der Waals surface area (Å²) in [6.45, 7) is 0.672. The van der Waals surface area contributed by atoms with Crippen molar-refractivity contribution < 1.29 is 28.2 Å². The van der Waals surface area contributed by atoms with Gasteiger partial charge >= 0.3 is 5.97 Å². The van der Waals surface area contributed by atoms with Gasteiger partial charge < -0.3 is 15.2 Å². The van der Waals surface area contributed by atoms with Crippen LogP contribution in [0.4, 0.5) is 14.5 Å². The number of aromatic carboxylic acids is 1. The Labute approximate surface area is 148 Å². The van der Waals surface area contributed by atoms with Crippen molar-refractivity contribution in [1.29, 1.82) is 0 Å². The predicted molar refractivity (Wildman–Crippen MR) is 90.1 cm³/mol. The smallest absolute Gasteiger partial charge is 0.335 e. The molecule has 0 saturated carbocycles. The zero-order valence-electron chi connectivity index (χ0n) is 13.8. The standard InChI is InChI=1S/C19H17F2NO4/c20-14-4-2-13(3-5-14)19(7-9-26-10-8-19)18(25)22-16-11-12(17(23)24)1-6-15(16)21/h1-6,11H,7-10H2,(H,22,25)(H,23,24). The monoisotopic (exact) mass is 361 g/mol. The summed E-state index contributed by atoms with van der Waals surface area (Å²) in [5.74, 6) is -2.85. The van der Waals surface area contributed by atoms with Gasteiger partial charge in [0.1, 0.15) is 11.6 Å². The lowest BCUT2D eigenvalue weighted by molar-refractivity contribution is -0.125. The van der Waals surface area contributed by atoms with Gasteiger partial charge in [-0.2, -0.15) is 0 Å². The molecule has 1 saturated heterocycles. The van der Waals surface area contributed by atoms with Gasteiger partial charge in [-0.1, -0.05) is 12.1 Å². The summed E-state index contributed by atoms with van der Waals surface area (Å²) in [5.41, 5.74) is -0.737. The lowest BCUT2D eigenvalue weighted by atomic mass is 9.73. The van der Waals surface area contributed by atoms with Crippen LogP contribution in [0.2, 0.25) is 0 Å². The molecule has 0 spiro atoms. The molecular weight excluding hydrogens is 344 g/mol. The number of carbonyl (C=O) groups is 2. The number of rotatable bonds is 4. The molecule has 0 bridgehead atoms. The highest BCUT2D eigenvalue weighted by molar-refractivity contribution is 6.00. The molecule has 136 valence electrons. The summed E-state index contributed by atoms with van der Waals surface area (Å²) >= 11 is 0. The van der Waals surface area contributed by atoms with Crippen molar-refractivity contribution in [3.63, 3.8) is 0 Å². The van der Waals surface area contributed by atoms with Crippen LogP contribution in [0.1, 0.15) is 28.8 Å². The van der Waals surface area contributed by atoms with E-state index in [1.807, 2.05) is 0 Å². The van der Waals surface area contributed by atoms with Crippen LogP contribution in [-0.2, 0) is 14.9 Å². The van der Waals surface area contributed by atoms with Crippen LogP contribution in [0.25, 0.3) is 0 Å². The topological polar surface area (TPSA) is 75.6 Å². The number of carbonyl (C=O) groups excluding carboxylic acids is 1. The molecule has 0 unspecified atom stereocenters. The van der Waals surface area contributed by atoms with E-state index < -0.39 is 28.9 Å². The lowest BCUT2D eigenvalue weighted by Crippen LogP contribution is -2.45. The number of hydrogen-bond acceptors (Lipinski definition) is 3. The van der Waals surface area contributed by atoms with Gasteiger partial charge in [-0.15, -0.1) is 0 Å². The average molecular weight is 361 g/mol. The molecule has 0 radical (unpaired) electrons. The Morgan fingerprint density at radius 3 is 2.31 bits per heavy atom. The molecule has 1 heterocycles. The van der Waals surface area contributed by atoms with Crippen LogP contribution in [-0.4, -0.2) is 30.2 Å². The molecule has 1 amide bonds. The Morgan fingerprint density at radius 2 is 1.69 bits per heavy atom. The molecule has 0 aliphatic carbocycles. The quantitative estimate of drug-likeness (QED) is 0.876. The molecule has 5 nitrogen and oxygen atoms in total. The fraction of sp³-hybridized carbons (Fsp3) is 0.263. The van der Waals surface area contributed by atoms with Crippen LogP contribution >= 0.6 is 0 Å². The van der Waals surface area contributed by atoms with E-state index in [0.717, 1.165) is 18.2 Å². The van der Waals surface area contributed by atoms with Crippen LogP contribution in [0.3, 0.4) is 0 Å². The normalized spacial score (nSPS) is 16.1. The van der Waals surface area contributed by atoms with Crippen molar-refractivity contribution in [1.82, 2.24) is 0 Å². The number of benzene rings is 2. The van der Waals surface area contributed by atoms with Gasteiger partial charge in [0.15, 0.2) is 0 Å². The SMILES string of the molecule is O=C(O)c1ccc(F)c(NC(=O)C2(c3ccc(F)cc3)CCOCC2)c1. The first-order valence-corrected chi connectivity index (χ1v) is 8.10. The van der Waals surface area contributed by atoms with E-state index in [4.69, 9.17) is 9.84 Å². The van der Waals surface area contributed by atoms with Gasteiger partial charge in [0.05, 0.1) is 16.7 Å². The van der Waals surface area contributed by atoms with Crippen molar-refractivity contribution in [2.75, 3.05) is 18.5 Å². The van der Waals surface area contributed by atoms with Crippen molar-refractivity contribution >= 4 is 17.6 Å². The zero-order valence-corrected chi connectivity index (χ0v) is 13.8. The third-order valence-corrected chi connectivity index (χ3v) is 4.64. The Morgan fingerprint density at radius 1 is 1.04 bits per heavy atom. The molecule has 1 aliphatic rings. The van der Waals surface area contributed by atoms with Gasteiger partial charge in [0.25, 0.3) is 0 Å². The molecule has 1 fully saturated rings. The van der Waals surface area contributed by atoms with Crippen molar-refractivity contribution in [3.05, 3.63) is 65.2 Å². The Balaban J connectivity index is 1.95. The Bertz CT molecular complexity index is 830. The fourth-order valence-electron chi connectivity index (χ4n) is 3.13. The van der Waals surface area contributed by atoms with Gasteiger partial charge in [0, 0.05) is 13.2 Å². The summed E-state index contributed by atoms with van der Waals surface area (Å²) in [4.78, 5) is 24.1. The highest BCUT2D eigenvalue weighted by atomic mass is 19.1. The summed E-state index contributed by atoms with van der Waals surface area (Å²) < 4.78 is 32.7. The van der Waals surface area contributed by atoms with Gasteiger partial charge in [-0.05, 0) is 48.7 Å². The summed E-state index contributed by atoms with van der Waals surface area (Å²) in [6.07, 6.45) is 0.704. The van der Waals surface area contributed by atoms with Crippen LogP contribution in [0.5, 0.6) is 0 Å². The van der Waals surface area contributed by atoms with E-state index >= 15 is 0 Å². The number of carboxylic acid groups (broad SMARTS) is 1. The second kappa shape index (κ2) is 7.21. The van der Waals surface area contributed by atoms with Gasteiger partial charge in [-0.3, -0.25) is 4.79 Å². The van der Waals surface area contributed by atoms with E-state index in [-0.39, 0.29) is 11.3 Å². The molecule has 2 N–H and O–H groups in total. The highest BCUT2D eigenvalue weighted by Crippen LogP contribution is 2.36. The minimum Gasteiger partial charge on any atom is -0.478 e. The highest BCUT2D eigenvalue weighted by Gasteiger charge is 2.42. The third kappa shape index (κ3) is 3.43. The first-order valence-electron chi connectivity index (χ1n) is 8.10. The number of hydrogen-bond donors (Lipinski definition) is 2.